The Kier molecular flexibility index (Phi) is 4.19. The fourth-order valence-electron chi connectivity index (χ4n) is 2.03. The van der Waals surface area contributed by atoms with Crippen molar-refractivity contribution in [1.29, 1.82) is 0 Å². The Morgan fingerprint density at radius 2 is 1.68 bits per heavy atom. The Balaban J connectivity index is 2.29. The third-order valence-corrected chi connectivity index (χ3v) is 4.81. The molecule has 19 heavy (non-hydrogen) atoms. The zero-order valence-corrected chi connectivity index (χ0v) is 12.8. The van der Waals surface area contributed by atoms with Crippen molar-refractivity contribution in [2.24, 2.45) is 0 Å². The fraction of sp³-hybridized carbons (Fsp3) is 0.375. The molecule has 0 saturated carbocycles. The number of benzene rings is 2. The van der Waals surface area contributed by atoms with Crippen LogP contribution in [0.4, 0.5) is 0 Å². The summed E-state index contributed by atoms with van der Waals surface area (Å²) in [4.78, 5) is 0. The van der Waals surface area contributed by atoms with Crippen molar-refractivity contribution in [3.63, 3.8) is 0 Å². The molecule has 0 aliphatic rings. The summed E-state index contributed by atoms with van der Waals surface area (Å²) in [5.41, 5.74) is 1.19. The predicted octanol–water partition coefficient (Wildman–Crippen LogP) is 3.95. The van der Waals surface area contributed by atoms with Crippen LogP contribution in [0.25, 0.3) is 10.8 Å². The van der Waals surface area contributed by atoms with E-state index in [-0.39, 0.29) is 10.8 Å². The molecule has 102 valence electrons. The second kappa shape index (κ2) is 5.53. The van der Waals surface area contributed by atoms with Crippen molar-refractivity contribution in [2.45, 2.75) is 38.5 Å². The van der Waals surface area contributed by atoms with Gasteiger partial charge in [0.1, 0.15) is 4.75 Å². The van der Waals surface area contributed by atoms with E-state index < -0.39 is 11.4 Å². The highest BCUT2D eigenvalue weighted by Gasteiger charge is 2.28. The summed E-state index contributed by atoms with van der Waals surface area (Å²) in [6, 6.07) is 14.6. The molecule has 0 aliphatic carbocycles. The van der Waals surface area contributed by atoms with Crippen molar-refractivity contribution >= 4 is 22.1 Å². The molecule has 0 fully saturated rings. The van der Waals surface area contributed by atoms with Crippen molar-refractivity contribution < 1.29 is 4.55 Å². The average Bonchev–Trinajstić information content (AvgIpc) is 2.36. The lowest BCUT2D eigenvalue weighted by molar-refractivity contribution is 0.532. The average molecular weight is 275 g/mol. The first-order valence-electron chi connectivity index (χ1n) is 6.55. The lowest BCUT2D eigenvalue weighted by atomic mass is 10.0. The molecule has 0 spiro atoms. The first kappa shape index (κ1) is 14.4. The predicted molar refractivity (Wildman–Crippen MR) is 83.4 cm³/mol. The first-order chi connectivity index (χ1) is 8.89. The molecule has 1 unspecified atom stereocenters. The number of hydrogen-bond donors (Lipinski definition) is 1. The Morgan fingerprint density at radius 3 is 2.37 bits per heavy atom. The van der Waals surface area contributed by atoms with E-state index in [1.165, 1.54) is 16.3 Å². The van der Waals surface area contributed by atoms with Crippen LogP contribution >= 0.6 is 0 Å². The topological polar surface area (TPSA) is 35.1 Å². The molecule has 0 aliphatic heterocycles. The van der Waals surface area contributed by atoms with E-state index in [2.05, 4.69) is 42.0 Å². The molecule has 3 heteroatoms. The van der Waals surface area contributed by atoms with E-state index in [9.17, 15) is 4.55 Å². The van der Waals surface area contributed by atoms with Crippen LogP contribution in [0.3, 0.4) is 0 Å². The van der Waals surface area contributed by atoms with Crippen LogP contribution in [0.5, 0.6) is 0 Å². The minimum absolute atomic E-state index is 0.0613. The number of fused-ring (bicyclic) bond motifs is 1. The normalized spacial score (nSPS) is 15.4. The molecule has 2 aromatic carbocycles. The molecule has 2 atom stereocenters. The molecular weight excluding hydrogens is 254 g/mol. The van der Waals surface area contributed by atoms with Crippen LogP contribution in [0, 0.1) is 0 Å². The summed E-state index contributed by atoms with van der Waals surface area (Å²) >= 11 is -1.06. The van der Waals surface area contributed by atoms with Gasteiger partial charge < -0.3 is 4.55 Å². The maximum absolute atomic E-state index is 12.2. The number of rotatable bonds is 3. The lowest BCUT2D eigenvalue weighted by Crippen LogP contribution is -2.40. The second-order valence-electron chi connectivity index (χ2n) is 5.79. The lowest BCUT2D eigenvalue weighted by Gasteiger charge is -2.27. The van der Waals surface area contributed by atoms with Crippen molar-refractivity contribution in [2.75, 3.05) is 0 Å². The maximum atomic E-state index is 12.2. The van der Waals surface area contributed by atoms with Gasteiger partial charge in [0.15, 0.2) is 0 Å². The van der Waals surface area contributed by atoms with Crippen molar-refractivity contribution in [1.82, 2.24) is 4.72 Å². The molecule has 2 nitrogen and oxygen atoms in total. The molecule has 1 N–H and O–H groups in total. The van der Waals surface area contributed by atoms with E-state index in [4.69, 9.17) is 0 Å². The largest absolute Gasteiger partial charge is 0.598 e. The highest BCUT2D eigenvalue weighted by atomic mass is 32.2. The zero-order chi connectivity index (χ0) is 14.0. The number of hydrogen-bond acceptors (Lipinski definition) is 2. The molecule has 0 aromatic heterocycles. The van der Waals surface area contributed by atoms with Crippen LogP contribution in [-0.4, -0.2) is 9.30 Å². The van der Waals surface area contributed by atoms with Gasteiger partial charge in [-0.05, 0) is 44.0 Å². The molecule has 0 bridgehead atoms. The minimum Gasteiger partial charge on any atom is -0.598 e. The van der Waals surface area contributed by atoms with Crippen LogP contribution in [0.2, 0.25) is 0 Å². The summed E-state index contributed by atoms with van der Waals surface area (Å²) < 4.78 is 15.1. The summed E-state index contributed by atoms with van der Waals surface area (Å²) in [6.45, 7) is 8.00. The third-order valence-electron chi connectivity index (χ3n) is 3.13. The SMILES string of the molecule is CC(N[S@@+]([O-])C(C)(C)C)c1cccc2ccccc12. The molecule has 0 saturated heterocycles. The summed E-state index contributed by atoms with van der Waals surface area (Å²) in [5.74, 6) is 0. The van der Waals surface area contributed by atoms with Gasteiger partial charge in [0.05, 0.1) is 6.04 Å². The third kappa shape index (κ3) is 3.30. The van der Waals surface area contributed by atoms with Crippen LogP contribution in [0.15, 0.2) is 42.5 Å². The standard InChI is InChI=1S/C16H21NOS/c1-12(17-19(18)16(2,3)4)14-11-7-9-13-8-5-6-10-15(13)14/h5-12,17H,1-4H3/t12?,19-/m0/s1. The van der Waals surface area contributed by atoms with Gasteiger partial charge in [-0.2, -0.15) is 0 Å². The van der Waals surface area contributed by atoms with Crippen LogP contribution in [-0.2, 0) is 11.4 Å². The summed E-state index contributed by atoms with van der Waals surface area (Å²) in [5, 5.41) is 2.44. The number of nitrogens with one attached hydrogen (secondary N) is 1. The summed E-state index contributed by atoms with van der Waals surface area (Å²) in [6.07, 6.45) is 0. The van der Waals surface area contributed by atoms with E-state index in [0.717, 1.165) is 0 Å². The van der Waals surface area contributed by atoms with Gasteiger partial charge in [0.25, 0.3) is 0 Å². The van der Waals surface area contributed by atoms with Gasteiger partial charge in [-0.25, -0.2) is 0 Å². The Hall–Kier alpha value is -1.03. The van der Waals surface area contributed by atoms with Gasteiger partial charge in [0.2, 0.25) is 0 Å². The highest BCUT2D eigenvalue weighted by molar-refractivity contribution is 7.90. The Labute approximate surface area is 118 Å². The molecule has 0 amide bonds. The first-order valence-corrected chi connectivity index (χ1v) is 7.70. The van der Waals surface area contributed by atoms with E-state index in [1.807, 2.05) is 32.9 Å². The summed E-state index contributed by atoms with van der Waals surface area (Å²) in [7, 11) is 0. The molecule has 2 rings (SSSR count). The fourth-order valence-corrected chi connectivity index (χ4v) is 2.83. The maximum Gasteiger partial charge on any atom is 0.136 e. The zero-order valence-electron chi connectivity index (χ0n) is 11.9. The second-order valence-corrected chi connectivity index (χ2v) is 7.79. The van der Waals surface area contributed by atoms with Crippen LogP contribution < -0.4 is 4.72 Å². The van der Waals surface area contributed by atoms with Gasteiger partial charge >= 0.3 is 0 Å². The van der Waals surface area contributed by atoms with E-state index >= 15 is 0 Å². The van der Waals surface area contributed by atoms with Gasteiger partial charge in [-0.3, -0.25) is 0 Å². The molecular formula is C16H21NOS. The molecule has 0 heterocycles. The van der Waals surface area contributed by atoms with E-state index in [1.54, 1.807) is 0 Å². The molecule has 0 radical (unpaired) electrons. The Morgan fingerprint density at radius 1 is 1.05 bits per heavy atom. The quantitative estimate of drug-likeness (QED) is 0.861. The Bertz CT molecular complexity index is 557. The van der Waals surface area contributed by atoms with E-state index in [0.29, 0.717) is 0 Å². The minimum atomic E-state index is -1.06. The van der Waals surface area contributed by atoms with Gasteiger partial charge in [-0.1, -0.05) is 42.5 Å². The smallest absolute Gasteiger partial charge is 0.136 e. The van der Waals surface area contributed by atoms with Gasteiger partial charge in [-0.15, -0.1) is 4.72 Å². The molecule has 2 aromatic rings. The van der Waals surface area contributed by atoms with Crippen molar-refractivity contribution in [3.8, 4) is 0 Å². The van der Waals surface area contributed by atoms with Crippen LogP contribution in [0.1, 0.15) is 39.3 Å². The van der Waals surface area contributed by atoms with Gasteiger partial charge in [0, 0.05) is 11.4 Å². The highest BCUT2D eigenvalue weighted by Crippen LogP contribution is 2.26. The van der Waals surface area contributed by atoms with Crippen molar-refractivity contribution in [3.05, 3.63) is 48.0 Å². The monoisotopic (exact) mass is 275 g/mol.